The van der Waals surface area contributed by atoms with Crippen LogP contribution in [0.2, 0.25) is 0 Å². The van der Waals surface area contributed by atoms with Crippen molar-refractivity contribution < 1.29 is 9.90 Å². The number of benzene rings is 3. The Morgan fingerprint density at radius 1 is 0.700 bits per heavy atom. The van der Waals surface area contributed by atoms with E-state index in [9.17, 15) is 9.90 Å². The summed E-state index contributed by atoms with van der Waals surface area (Å²) < 4.78 is 0. The van der Waals surface area contributed by atoms with E-state index < -0.39 is 24.1 Å². The number of hydrogen-bond donors (Lipinski definition) is 0. The fraction of sp³-hybridized carbons (Fsp3) is 0.296. The van der Waals surface area contributed by atoms with Crippen molar-refractivity contribution in [2.45, 2.75) is 34.1 Å². The van der Waals surface area contributed by atoms with Crippen LogP contribution in [0.4, 0.5) is 0 Å². The van der Waals surface area contributed by atoms with Gasteiger partial charge in [-0.1, -0.05) is 82.3 Å². The summed E-state index contributed by atoms with van der Waals surface area (Å²) in [6.45, 7) is 7.68. The van der Waals surface area contributed by atoms with Crippen molar-refractivity contribution in [3.8, 4) is 0 Å². The van der Waals surface area contributed by atoms with E-state index in [1.54, 1.807) is 13.8 Å². The first-order valence-electron chi connectivity index (χ1n) is 10.5. The van der Waals surface area contributed by atoms with E-state index in [2.05, 4.69) is 105 Å². The summed E-state index contributed by atoms with van der Waals surface area (Å²) in [4.78, 5) is 11.9. The maximum atomic E-state index is 11.9. The molecule has 3 heteroatoms. The summed E-state index contributed by atoms with van der Waals surface area (Å²) in [6.07, 6.45) is 1.68. The fourth-order valence-corrected chi connectivity index (χ4v) is 8.52. The van der Waals surface area contributed by atoms with Gasteiger partial charge in [0.2, 0.25) is 0 Å². The van der Waals surface area contributed by atoms with Gasteiger partial charge in [-0.15, -0.1) is 0 Å². The van der Waals surface area contributed by atoms with Crippen LogP contribution in [0.1, 0.15) is 34.1 Å². The molecule has 0 unspecified atom stereocenters. The van der Waals surface area contributed by atoms with Crippen molar-refractivity contribution in [1.82, 2.24) is 0 Å². The van der Waals surface area contributed by atoms with Crippen molar-refractivity contribution in [3.05, 3.63) is 91.0 Å². The van der Waals surface area contributed by atoms with E-state index >= 15 is 0 Å². The second kappa shape index (κ2) is 8.74. The molecule has 0 saturated heterocycles. The Labute approximate surface area is 181 Å². The topological polar surface area (TPSA) is 40.1 Å². The summed E-state index contributed by atoms with van der Waals surface area (Å²) in [5.74, 6) is -0.990. The molecule has 0 N–H and O–H groups in total. The second-order valence-corrected chi connectivity index (χ2v) is 12.7. The molecule has 3 aromatic carbocycles. The Kier molecular flexibility index (Phi) is 6.48. The molecule has 0 spiro atoms. The highest BCUT2D eigenvalue weighted by Gasteiger charge is 2.48. The van der Waals surface area contributed by atoms with Gasteiger partial charge in [0.05, 0.1) is 6.16 Å². The van der Waals surface area contributed by atoms with Crippen LogP contribution in [0, 0.1) is 10.8 Å². The lowest BCUT2D eigenvalue weighted by molar-refractivity contribution is -0.322. The lowest BCUT2D eigenvalue weighted by Crippen LogP contribution is -2.48. The van der Waals surface area contributed by atoms with Gasteiger partial charge in [0, 0.05) is 11.4 Å². The Hall–Kier alpha value is -2.44. The van der Waals surface area contributed by atoms with Crippen LogP contribution in [-0.4, -0.2) is 12.1 Å². The zero-order valence-corrected chi connectivity index (χ0v) is 19.2. The molecular weight excluding hydrogens is 387 g/mol. The molecule has 0 bridgehead atoms. The molecule has 0 radical (unpaired) electrons. The zero-order valence-electron chi connectivity index (χ0n) is 18.3. The average molecular weight is 419 g/mol. The van der Waals surface area contributed by atoms with E-state index in [0.717, 1.165) is 12.6 Å². The molecule has 0 atom stereocenters. The van der Waals surface area contributed by atoms with E-state index in [4.69, 9.17) is 0 Å². The molecule has 156 valence electrons. The molecule has 3 aromatic rings. The van der Waals surface area contributed by atoms with E-state index in [1.807, 2.05) is 0 Å². The Morgan fingerprint density at radius 3 is 1.33 bits per heavy atom. The van der Waals surface area contributed by atoms with Gasteiger partial charge in [-0.05, 0) is 48.2 Å². The first kappa shape index (κ1) is 22.2. The quantitative estimate of drug-likeness (QED) is 0.515. The van der Waals surface area contributed by atoms with Crippen LogP contribution in [0.15, 0.2) is 91.0 Å². The standard InChI is InChI=1S/C27H31O2P/c1-26(2,27(3,4)25(28)29)20-21-30(22-14-8-5-9-15-22,23-16-10-6-11-17-23)24-18-12-7-13-19-24/h5-19H,20-21H2,1-4H3. The maximum Gasteiger partial charge on any atom is 0.112 e. The van der Waals surface area contributed by atoms with Crippen molar-refractivity contribution in [3.63, 3.8) is 0 Å². The maximum absolute atomic E-state index is 11.9. The molecule has 0 saturated carbocycles. The highest BCUT2D eigenvalue weighted by Crippen LogP contribution is 2.58. The Balaban J connectivity index is 2.18. The number of aliphatic carboxylic acids is 1. The molecule has 0 aliphatic carbocycles. The third kappa shape index (κ3) is 4.07. The van der Waals surface area contributed by atoms with Crippen molar-refractivity contribution >= 4 is 29.1 Å². The van der Waals surface area contributed by atoms with Gasteiger partial charge in [0.1, 0.15) is 23.2 Å². The van der Waals surface area contributed by atoms with Gasteiger partial charge in [0.25, 0.3) is 0 Å². The minimum Gasteiger partial charge on any atom is -0.550 e. The molecule has 3 rings (SSSR count). The van der Waals surface area contributed by atoms with Crippen molar-refractivity contribution in [2.24, 2.45) is 10.8 Å². The fourth-order valence-electron chi connectivity index (χ4n) is 3.92. The first-order valence-corrected chi connectivity index (χ1v) is 12.5. The van der Waals surface area contributed by atoms with Crippen LogP contribution < -0.4 is 21.0 Å². The summed E-state index contributed by atoms with van der Waals surface area (Å²) in [7, 11) is -1.96. The Bertz CT molecular complexity index is 867. The molecule has 2 nitrogen and oxygen atoms in total. The van der Waals surface area contributed by atoms with E-state index in [-0.39, 0.29) is 0 Å². The summed E-state index contributed by atoms with van der Waals surface area (Å²) >= 11 is 0. The third-order valence-corrected chi connectivity index (χ3v) is 11.3. The molecular formula is C27H31O2P. The largest absolute Gasteiger partial charge is 0.550 e. The Morgan fingerprint density at radius 2 is 1.03 bits per heavy atom. The van der Waals surface area contributed by atoms with Crippen LogP contribution in [0.3, 0.4) is 0 Å². The first-order chi connectivity index (χ1) is 14.2. The smallest absolute Gasteiger partial charge is 0.112 e. The summed E-state index contributed by atoms with van der Waals surface area (Å²) in [5.41, 5.74) is -1.35. The number of carboxylic acids is 1. The molecule has 30 heavy (non-hydrogen) atoms. The number of carbonyl (C=O) groups is 1. The van der Waals surface area contributed by atoms with E-state index in [1.165, 1.54) is 15.9 Å². The SMILES string of the molecule is CC(C)(CC[P+](c1ccccc1)(c1ccccc1)c1ccccc1)C(C)(C)C(=O)[O-]. The number of carbonyl (C=O) groups excluding carboxylic acids is 1. The van der Waals surface area contributed by atoms with Crippen LogP contribution in [0.25, 0.3) is 0 Å². The van der Waals surface area contributed by atoms with Gasteiger partial charge in [-0.2, -0.15) is 0 Å². The second-order valence-electron chi connectivity index (χ2n) is 9.09. The van der Waals surface area contributed by atoms with Crippen LogP contribution >= 0.6 is 7.26 Å². The molecule has 0 aromatic heterocycles. The highest BCUT2D eigenvalue weighted by atomic mass is 31.2. The van der Waals surface area contributed by atoms with Crippen molar-refractivity contribution in [1.29, 1.82) is 0 Å². The van der Waals surface area contributed by atoms with Crippen LogP contribution in [0.5, 0.6) is 0 Å². The third-order valence-electron chi connectivity index (χ3n) is 6.87. The predicted octanol–water partition coefficient (Wildman–Crippen LogP) is 4.17. The predicted molar refractivity (Wildman–Crippen MR) is 127 cm³/mol. The van der Waals surface area contributed by atoms with Crippen molar-refractivity contribution in [2.75, 3.05) is 6.16 Å². The van der Waals surface area contributed by atoms with Gasteiger partial charge in [0.15, 0.2) is 0 Å². The van der Waals surface area contributed by atoms with Gasteiger partial charge in [-0.3, -0.25) is 0 Å². The average Bonchev–Trinajstić information content (AvgIpc) is 2.76. The van der Waals surface area contributed by atoms with Gasteiger partial charge < -0.3 is 9.90 Å². The minimum absolute atomic E-state index is 0.421. The van der Waals surface area contributed by atoms with E-state index in [0.29, 0.717) is 0 Å². The molecule has 0 heterocycles. The van der Waals surface area contributed by atoms with Gasteiger partial charge in [-0.25, -0.2) is 0 Å². The van der Waals surface area contributed by atoms with Crippen LogP contribution in [-0.2, 0) is 4.79 Å². The summed E-state index contributed by atoms with van der Waals surface area (Å²) in [5, 5.41) is 15.9. The molecule has 0 amide bonds. The van der Waals surface area contributed by atoms with Gasteiger partial charge >= 0.3 is 0 Å². The monoisotopic (exact) mass is 418 g/mol. The molecule has 0 aliphatic heterocycles. The number of carboxylic acid groups (broad SMARTS) is 1. The lowest BCUT2D eigenvalue weighted by atomic mass is 9.66. The number of rotatable bonds is 8. The summed E-state index contributed by atoms with van der Waals surface area (Å²) in [6, 6.07) is 32.1. The lowest BCUT2D eigenvalue weighted by Gasteiger charge is -2.43. The normalized spacial score (nSPS) is 12.5. The highest BCUT2D eigenvalue weighted by molar-refractivity contribution is 7.95. The minimum atomic E-state index is -1.96. The molecule has 0 aliphatic rings. The zero-order chi connectivity index (χ0) is 21.8. The molecule has 0 fully saturated rings. The number of hydrogen-bond acceptors (Lipinski definition) is 2.